The molecule has 1 N–H and O–H groups in total. The molecule has 0 aliphatic carbocycles. The van der Waals surface area contributed by atoms with Crippen molar-refractivity contribution in [2.45, 2.75) is 18.9 Å². The van der Waals surface area contributed by atoms with Crippen molar-refractivity contribution in [2.24, 2.45) is 0 Å². The number of thioether (sulfide) groups is 1. The molecule has 1 amide bonds. The number of carboxylic acids is 2. The number of hydrogen-bond acceptors (Lipinski definition) is 9. The van der Waals surface area contributed by atoms with Gasteiger partial charge in [-0.2, -0.15) is 0 Å². The molecule has 138 valence electrons. The highest BCUT2D eigenvalue weighted by Crippen LogP contribution is 2.36. The topological polar surface area (TPSA) is 130 Å². The Labute approximate surface area is 158 Å². The summed E-state index contributed by atoms with van der Waals surface area (Å²) in [7, 11) is 1.38. The Hall–Kier alpha value is -2.59. The highest BCUT2D eigenvalue weighted by Gasteiger charge is 2.37. The number of aliphatic carboxylic acids is 2. The molecule has 0 radical (unpaired) electrons. The van der Waals surface area contributed by atoms with Gasteiger partial charge in [0.25, 0.3) is 5.91 Å². The normalized spacial score (nSPS) is 16.8. The Morgan fingerprint density at radius 1 is 1.42 bits per heavy atom. The molecule has 1 atom stereocenters. The summed E-state index contributed by atoms with van der Waals surface area (Å²) in [6, 6.07) is 2.92. The number of carboxylic acid groups (broad SMARTS) is 2. The van der Waals surface area contributed by atoms with Gasteiger partial charge in [-0.25, -0.2) is 0 Å². The summed E-state index contributed by atoms with van der Waals surface area (Å²) >= 11 is 5.95. The maximum absolute atomic E-state index is 12.5. The van der Waals surface area contributed by atoms with Gasteiger partial charge in [-0.1, -0.05) is 30.0 Å². The van der Waals surface area contributed by atoms with Gasteiger partial charge in [0.2, 0.25) is 0 Å². The zero-order valence-electron chi connectivity index (χ0n) is 13.5. The lowest BCUT2D eigenvalue weighted by Crippen LogP contribution is -2.50. The molecule has 1 aliphatic rings. The van der Waals surface area contributed by atoms with E-state index in [1.165, 1.54) is 31.4 Å². The number of amides is 1. The molecule has 8 nitrogen and oxygen atoms in total. The number of rotatable bonds is 7. The van der Waals surface area contributed by atoms with E-state index < -0.39 is 30.3 Å². The van der Waals surface area contributed by atoms with Crippen LogP contribution in [0.2, 0.25) is 0 Å². The first-order valence-corrected chi connectivity index (χ1v) is 8.51. The third-order valence-electron chi connectivity index (χ3n) is 3.53. The molecule has 1 aliphatic heterocycles. The average molecular weight is 395 g/mol. The van der Waals surface area contributed by atoms with Crippen LogP contribution in [0.25, 0.3) is 6.08 Å². The van der Waals surface area contributed by atoms with E-state index in [2.05, 4.69) is 0 Å². The Balaban J connectivity index is 2.29. The average Bonchev–Trinajstić information content (AvgIpc) is 2.84. The van der Waals surface area contributed by atoms with Gasteiger partial charge in [-0.05, 0) is 36.6 Å². The van der Waals surface area contributed by atoms with Crippen molar-refractivity contribution in [3.8, 4) is 11.5 Å². The Kier molecular flexibility index (Phi) is 6.22. The van der Waals surface area contributed by atoms with Crippen molar-refractivity contribution in [3.63, 3.8) is 0 Å². The number of methoxy groups -OCH3 is 1. The van der Waals surface area contributed by atoms with Crippen molar-refractivity contribution in [1.29, 1.82) is 0 Å². The molecule has 1 fully saturated rings. The Morgan fingerprint density at radius 2 is 2.12 bits per heavy atom. The minimum Gasteiger partial charge on any atom is -0.550 e. The van der Waals surface area contributed by atoms with E-state index in [1.807, 2.05) is 0 Å². The third kappa shape index (κ3) is 4.33. The molecule has 0 bridgehead atoms. The Morgan fingerprint density at radius 3 is 2.69 bits per heavy atom. The number of ether oxygens (including phenoxy) is 1. The molecule has 10 heteroatoms. The van der Waals surface area contributed by atoms with Crippen molar-refractivity contribution in [1.82, 2.24) is 4.90 Å². The van der Waals surface area contributed by atoms with E-state index in [9.17, 15) is 29.7 Å². The molecule has 2 rings (SSSR count). The summed E-state index contributed by atoms with van der Waals surface area (Å²) in [6.45, 7) is 0. The fraction of sp³-hybridized carbons (Fsp3) is 0.250. The zero-order chi connectivity index (χ0) is 19.4. The van der Waals surface area contributed by atoms with Crippen LogP contribution in [-0.4, -0.2) is 45.3 Å². The van der Waals surface area contributed by atoms with Gasteiger partial charge in [0.1, 0.15) is 4.32 Å². The monoisotopic (exact) mass is 395 g/mol. The molecule has 26 heavy (non-hydrogen) atoms. The summed E-state index contributed by atoms with van der Waals surface area (Å²) in [5.41, 5.74) is 0.528. The SMILES string of the molecule is COc1cc(/C=C2\SC(=S)N([C@@H](CCC(=O)[O-])C(=O)[O-])C2=O)ccc1O. The number of nitrogens with zero attached hydrogens (tertiary/aromatic N) is 1. The van der Waals surface area contributed by atoms with Crippen LogP contribution in [-0.2, 0) is 14.4 Å². The fourth-order valence-electron chi connectivity index (χ4n) is 2.29. The minimum atomic E-state index is -1.60. The van der Waals surface area contributed by atoms with Gasteiger partial charge in [-0.3, -0.25) is 9.69 Å². The van der Waals surface area contributed by atoms with Gasteiger partial charge in [0.05, 0.1) is 24.0 Å². The lowest BCUT2D eigenvalue weighted by molar-refractivity contribution is -0.311. The highest BCUT2D eigenvalue weighted by molar-refractivity contribution is 8.26. The number of phenols is 1. The molecule has 0 saturated carbocycles. The summed E-state index contributed by atoms with van der Waals surface area (Å²) < 4.78 is 4.97. The van der Waals surface area contributed by atoms with Crippen LogP contribution >= 0.6 is 24.0 Å². The summed E-state index contributed by atoms with van der Waals surface area (Å²) in [5.74, 6) is -3.57. The van der Waals surface area contributed by atoms with Gasteiger partial charge in [-0.15, -0.1) is 0 Å². The number of hydrogen-bond donors (Lipinski definition) is 1. The maximum Gasteiger partial charge on any atom is 0.266 e. The lowest BCUT2D eigenvalue weighted by Gasteiger charge is -2.27. The number of aromatic hydroxyl groups is 1. The van der Waals surface area contributed by atoms with Gasteiger partial charge in [0, 0.05) is 5.97 Å². The van der Waals surface area contributed by atoms with Crippen LogP contribution in [0.3, 0.4) is 0 Å². The molecule has 0 unspecified atom stereocenters. The summed E-state index contributed by atoms with van der Waals surface area (Å²) in [4.78, 5) is 35.5. The van der Waals surface area contributed by atoms with Crippen LogP contribution in [0.5, 0.6) is 11.5 Å². The lowest BCUT2D eigenvalue weighted by atomic mass is 10.1. The van der Waals surface area contributed by atoms with Crippen LogP contribution in [0.15, 0.2) is 23.1 Å². The number of benzene rings is 1. The van der Waals surface area contributed by atoms with Gasteiger partial charge in [0.15, 0.2) is 11.5 Å². The summed E-state index contributed by atoms with van der Waals surface area (Å²) in [5, 5.41) is 31.5. The molecule has 0 spiro atoms. The third-order valence-corrected chi connectivity index (χ3v) is 4.86. The molecule has 1 heterocycles. The van der Waals surface area contributed by atoms with E-state index in [1.54, 1.807) is 0 Å². The van der Waals surface area contributed by atoms with E-state index in [-0.39, 0.29) is 27.1 Å². The molecular weight excluding hydrogens is 382 g/mol. The van der Waals surface area contributed by atoms with Gasteiger partial charge < -0.3 is 29.6 Å². The molecule has 0 aromatic heterocycles. The molecule has 1 aromatic rings. The van der Waals surface area contributed by atoms with Crippen LogP contribution in [0.4, 0.5) is 0 Å². The number of carbonyl (C=O) groups excluding carboxylic acids is 3. The standard InChI is InChI=1S/C16H15NO7S2/c1-24-11-6-8(2-4-10(11)18)7-12-14(21)17(16(25)26-12)9(15(22)23)3-5-13(19)20/h2,4,6-7,9,18H,3,5H2,1H3,(H,19,20)(H,22,23)/p-2/b12-7-/t9-/m0/s1. The molecule has 1 aromatic carbocycles. The summed E-state index contributed by atoms with van der Waals surface area (Å²) in [6.07, 6.45) is 0.535. The number of phenolic OH excluding ortho intramolecular Hbond substituents is 1. The quantitative estimate of drug-likeness (QED) is 0.468. The largest absolute Gasteiger partial charge is 0.550 e. The first-order chi connectivity index (χ1) is 12.2. The second-order valence-corrected chi connectivity index (χ2v) is 6.90. The predicted molar refractivity (Wildman–Crippen MR) is 92.7 cm³/mol. The first-order valence-electron chi connectivity index (χ1n) is 7.29. The smallest absolute Gasteiger partial charge is 0.266 e. The second-order valence-electron chi connectivity index (χ2n) is 5.23. The van der Waals surface area contributed by atoms with E-state index in [4.69, 9.17) is 17.0 Å². The molecular formula is C16H13NO7S2-2. The highest BCUT2D eigenvalue weighted by atomic mass is 32.2. The molecule has 1 saturated heterocycles. The van der Waals surface area contributed by atoms with E-state index >= 15 is 0 Å². The van der Waals surface area contributed by atoms with E-state index in [0.29, 0.717) is 5.56 Å². The predicted octanol–water partition coefficient (Wildman–Crippen LogP) is -0.749. The first kappa shape index (κ1) is 19.7. The van der Waals surface area contributed by atoms with Crippen molar-refractivity contribution >= 4 is 52.2 Å². The number of thiocarbonyl (C=S) groups is 1. The van der Waals surface area contributed by atoms with Crippen molar-refractivity contribution in [3.05, 3.63) is 28.7 Å². The number of carbonyl (C=O) groups is 3. The van der Waals surface area contributed by atoms with Crippen LogP contribution in [0.1, 0.15) is 18.4 Å². The second kappa shape index (κ2) is 8.19. The van der Waals surface area contributed by atoms with Gasteiger partial charge >= 0.3 is 0 Å². The van der Waals surface area contributed by atoms with Crippen molar-refractivity contribution < 1.29 is 34.4 Å². The van der Waals surface area contributed by atoms with Crippen LogP contribution in [0, 0.1) is 0 Å². The van der Waals surface area contributed by atoms with Crippen molar-refractivity contribution in [2.75, 3.05) is 7.11 Å². The zero-order valence-corrected chi connectivity index (χ0v) is 15.1. The fourth-order valence-corrected chi connectivity index (χ4v) is 3.65. The maximum atomic E-state index is 12.5. The van der Waals surface area contributed by atoms with Crippen LogP contribution < -0.4 is 14.9 Å². The minimum absolute atomic E-state index is 0.0143. The Bertz CT molecular complexity index is 806. The van der Waals surface area contributed by atoms with E-state index in [0.717, 1.165) is 16.7 Å².